The predicted octanol–water partition coefficient (Wildman–Crippen LogP) is 4.15. The van der Waals surface area contributed by atoms with Crippen molar-refractivity contribution in [2.24, 2.45) is 17.4 Å². The minimum absolute atomic E-state index is 0.0445. The van der Waals surface area contributed by atoms with Gasteiger partial charge in [-0.3, -0.25) is 4.79 Å². The molecule has 232 valence electrons. The van der Waals surface area contributed by atoms with Crippen LogP contribution in [0.25, 0.3) is 11.3 Å². The van der Waals surface area contributed by atoms with E-state index in [2.05, 4.69) is 36.1 Å². The topological polar surface area (TPSA) is 147 Å². The minimum Gasteiger partial charge on any atom is -0.489 e. The second kappa shape index (κ2) is 13.5. The van der Waals surface area contributed by atoms with Crippen LogP contribution in [-0.2, 0) is 21.6 Å². The molecule has 11 heteroatoms. The zero-order valence-electron chi connectivity index (χ0n) is 25.7. The molecule has 0 saturated carbocycles. The van der Waals surface area contributed by atoms with Crippen LogP contribution in [0, 0.1) is 5.92 Å². The zero-order chi connectivity index (χ0) is 31.5. The third-order valence-electron chi connectivity index (χ3n) is 7.63. The Hall–Kier alpha value is -3.44. The number of nitrogens with zero attached hydrogens (tertiary/aromatic N) is 2. The molecule has 1 aliphatic rings. The highest BCUT2D eigenvalue weighted by Gasteiger charge is 2.40. The van der Waals surface area contributed by atoms with E-state index < -0.39 is 12.0 Å². The first kappa shape index (κ1) is 32.5. The summed E-state index contributed by atoms with van der Waals surface area (Å²) in [7, 11) is 0. The van der Waals surface area contributed by atoms with E-state index in [1.165, 1.54) is 0 Å². The van der Waals surface area contributed by atoms with E-state index in [0.717, 1.165) is 22.6 Å². The second-order valence-electron chi connectivity index (χ2n) is 12.4. The van der Waals surface area contributed by atoms with E-state index >= 15 is 0 Å². The number of carbonyl (C=O) groups is 2. The SMILES string of the molecule is CC(C)Oc1ccc(C(=O)NC[C@H](c2ccc(-c3cn(CCN)c(C(C)(C)C)n3)cc2)[C@@H]2NOC(=O)[C@@H](N)[C@@H]2C)cc1Cl. The van der Waals surface area contributed by atoms with Crippen molar-refractivity contribution in [3.63, 3.8) is 0 Å². The van der Waals surface area contributed by atoms with Crippen molar-refractivity contribution in [1.29, 1.82) is 0 Å². The lowest BCUT2D eigenvalue weighted by Gasteiger charge is -2.38. The summed E-state index contributed by atoms with van der Waals surface area (Å²) in [6.07, 6.45) is 1.99. The number of nitrogens with one attached hydrogen (secondary N) is 2. The van der Waals surface area contributed by atoms with Gasteiger partial charge in [0.05, 0.1) is 22.9 Å². The van der Waals surface area contributed by atoms with Gasteiger partial charge in [0.15, 0.2) is 0 Å². The Morgan fingerprint density at radius 3 is 2.51 bits per heavy atom. The minimum atomic E-state index is -0.793. The standard InChI is InChI=1S/C32H43ClN6O4/c1-18(2)42-26-12-11-22(15-24(26)33)29(40)36-16-23(28-19(3)27(35)30(41)43-38-28)20-7-9-21(10-8-20)25-17-39(14-13-34)31(37-25)32(4,5)6/h7-12,15,17-19,23,27-28,38H,13-14,16,34-35H2,1-6H3,(H,36,40)/t19-,23+,27-,28+/m0/s1. The van der Waals surface area contributed by atoms with Crippen LogP contribution in [0.15, 0.2) is 48.7 Å². The van der Waals surface area contributed by atoms with Crippen molar-refractivity contribution in [2.45, 2.75) is 77.6 Å². The first-order valence-electron chi connectivity index (χ1n) is 14.6. The molecule has 2 aromatic carbocycles. The van der Waals surface area contributed by atoms with E-state index in [0.29, 0.717) is 29.4 Å². The number of nitrogens with two attached hydrogens (primary N) is 2. The number of rotatable bonds is 10. The number of hydroxylamine groups is 1. The van der Waals surface area contributed by atoms with Gasteiger partial charge in [-0.15, -0.1) is 5.48 Å². The Morgan fingerprint density at radius 1 is 1.21 bits per heavy atom. The van der Waals surface area contributed by atoms with Crippen LogP contribution in [0.1, 0.15) is 69.2 Å². The van der Waals surface area contributed by atoms with Gasteiger partial charge in [-0.05, 0) is 37.6 Å². The Bertz CT molecular complexity index is 1430. The van der Waals surface area contributed by atoms with Gasteiger partial charge < -0.3 is 30.9 Å². The van der Waals surface area contributed by atoms with Crippen molar-refractivity contribution in [3.05, 3.63) is 70.6 Å². The highest BCUT2D eigenvalue weighted by molar-refractivity contribution is 6.32. The Kier molecular flexibility index (Phi) is 10.2. The number of benzene rings is 2. The number of aromatic nitrogens is 2. The third kappa shape index (κ3) is 7.56. The number of amides is 1. The summed E-state index contributed by atoms with van der Waals surface area (Å²) in [5.74, 6) is 0.159. The molecular weight excluding hydrogens is 568 g/mol. The molecule has 0 bridgehead atoms. The van der Waals surface area contributed by atoms with E-state index in [1.807, 2.05) is 51.2 Å². The molecule has 0 aliphatic carbocycles. The van der Waals surface area contributed by atoms with Crippen LogP contribution in [0.4, 0.5) is 0 Å². The van der Waals surface area contributed by atoms with E-state index in [1.54, 1.807) is 18.2 Å². The molecule has 1 aromatic heterocycles. The summed E-state index contributed by atoms with van der Waals surface area (Å²) in [6.45, 7) is 13.6. The van der Waals surface area contributed by atoms with Gasteiger partial charge >= 0.3 is 5.97 Å². The van der Waals surface area contributed by atoms with E-state index in [4.69, 9.17) is 37.6 Å². The van der Waals surface area contributed by atoms with Crippen LogP contribution in [0.2, 0.25) is 5.02 Å². The van der Waals surface area contributed by atoms with Crippen molar-refractivity contribution in [3.8, 4) is 17.0 Å². The lowest BCUT2D eigenvalue weighted by atomic mass is 9.80. The highest BCUT2D eigenvalue weighted by Crippen LogP contribution is 2.32. The highest BCUT2D eigenvalue weighted by atomic mass is 35.5. The molecule has 4 atom stereocenters. The zero-order valence-corrected chi connectivity index (χ0v) is 26.4. The summed E-state index contributed by atoms with van der Waals surface area (Å²) < 4.78 is 7.80. The summed E-state index contributed by atoms with van der Waals surface area (Å²) in [4.78, 5) is 35.5. The van der Waals surface area contributed by atoms with Gasteiger partial charge in [-0.1, -0.05) is 63.6 Å². The van der Waals surface area contributed by atoms with Crippen LogP contribution in [-0.4, -0.2) is 52.7 Å². The molecule has 4 rings (SSSR count). The smallest absolute Gasteiger partial charge is 0.341 e. The van der Waals surface area contributed by atoms with Crippen molar-refractivity contribution >= 4 is 23.5 Å². The molecule has 0 spiro atoms. The van der Waals surface area contributed by atoms with Crippen molar-refractivity contribution < 1.29 is 19.2 Å². The molecule has 1 amide bonds. The van der Waals surface area contributed by atoms with Gasteiger partial charge in [0.25, 0.3) is 5.91 Å². The quantitative estimate of drug-likeness (QED) is 0.268. The van der Waals surface area contributed by atoms with Gasteiger partial charge in [-0.2, -0.15) is 0 Å². The molecule has 0 unspecified atom stereocenters. The first-order chi connectivity index (χ1) is 20.3. The van der Waals surface area contributed by atoms with Crippen LogP contribution >= 0.6 is 11.6 Å². The molecular formula is C32H43ClN6O4. The average Bonchev–Trinajstić information content (AvgIpc) is 3.39. The maximum absolute atomic E-state index is 13.2. The van der Waals surface area contributed by atoms with E-state index in [-0.39, 0.29) is 41.8 Å². The van der Waals surface area contributed by atoms with Crippen molar-refractivity contribution in [2.75, 3.05) is 13.1 Å². The fraction of sp³-hybridized carbons (Fsp3) is 0.469. The number of imidazole rings is 1. The molecule has 6 N–H and O–H groups in total. The molecule has 1 saturated heterocycles. The molecule has 10 nitrogen and oxygen atoms in total. The summed E-state index contributed by atoms with van der Waals surface area (Å²) >= 11 is 6.38. The molecule has 3 aromatic rings. The van der Waals surface area contributed by atoms with Crippen LogP contribution < -0.4 is 27.0 Å². The van der Waals surface area contributed by atoms with Gasteiger partial charge in [0, 0.05) is 54.2 Å². The third-order valence-corrected chi connectivity index (χ3v) is 7.92. The largest absolute Gasteiger partial charge is 0.489 e. The Labute approximate surface area is 258 Å². The Morgan fingerprint density at radius 2 is 1.91 bits per heavy atom. The fourth-order valence-corrected chi connectivity index (χ4v) is 5.53. The molecule has 1 aliphatic heterocycles. The molecule has 1 fully saturated rings. The molecule has 2 heterocycles. The molecule has 0 radical (unpaired) electrons. The maximum atomic E-state index is 13.2. The lowest BCUT2D eigenvalue weighted by Crippen LogP contribution is -2.58. The predicted molar refractivity (Wildman–Crippen MR) is 168 cm³/mol. The van der Waals surface area contributed by atoms with E-state index in [9.17, 15) is 9.59 Å². The number of halogens is 1. The fourth-order valence-electron chi connectivity index (χ4n) is 5.30. The molecule has 43 heavy (non-hydrogen) atoms. The summed E-state index contributed by atoms with van der Waals surface area (Å²) in [5, 5.41) is 3.39. The number of hydrogen-bond donors (Lipinski definition) is 4. The second-order valence-corrected chi connectivity index (χ2v) is 12.8. The summed E-state index contributed by atoms with van der Waals surface area (Å²) in [6, 6.07) is 11.9. The Balaban J connectivity index is 1.59. The number of carbonyl (C=O) groups excluding carboxylic acids is 2. The van der Waals surface area contributed by atoms with Crippen LogP contribution in [0.5, 0.6) is 5.75 Å². The monoisotopic (exact) mass is 610 g/mol. The van der Waals surface area contributed by atoms with Crippen LogP contribution in [0.3, 0.4) is 0 Å². The maximum Gasteiger partial charge on any atom is 0.341 e. The number of hydrogen-bond acceptors (Lipinski definition) is 8. The summed E-state index contributed by atoms with van der Waals surface area (Å²) in [5.41, 5.74) is 17.9. The van der Waals surface area contributed by atoms with Gasteiger partial charge in [-0.25, -0.2) is 9.78 Å². The number of ether oxygens (including phenoxy) is 1. The van der Waals surface area contributed by atoms with Gasteiger partial charge in [0.1, 0.15) is 17.6 Å². The van der Waals surface area contributed by atoms with Crippen molar-refractivity contribution in [1.82, 2.24) is 20.3 Å². The first-order valence-corrected chi connectivity index (χ1v) is 15.0. The average molecular weight is 611 g/mol. The van der Waals surface area contributed by atoms with Gasteiger partial charge in [0.2, 0.25) is 0 Å². The lowest BCUT2D eigenvalue weighted by molar-refractivity contribution is -0.165. The normalized spacial score (nSPS) is 19.7.